The standard InChI is InChI=1S/C23H28N2O6S/c1-17-4-5-18(2)21(14-17)31-16-23(26)24-8-10-25(11-9-24)32(27,28)19-6-7-20-22(15-19)30-13-3-12-29-20/h4-7,14-15H,3,8-13,16H2,1-2H3. The minimum Gasteiger partial charge on any atom is -0.490 e. The molecule has 2 aliphatic rings. The van der Waals surface area contributed by atoms with Gasteiger partial charge in [0.1, 0.15) is 5.75 Å². The zero-order valence-electron chi connectivity index (χ0n) is 18.4. The molecular weight excluding hydrogens is 432 g/mol. The molecule has 0 bridgehead atoms. The Labute approximate surface area is 188 Å². The molecule has 0 saturated carbocycles. The van der Waals surface area contributed by atoms with Crippen molar-refractivity contribution in [2.75, 3.05) is 46.0 Å². The van der Waals surface area contributed by atoms with E-state index in [0.717, 1.165) is 17.5 Å². The molecule has 2 aromatic rings. The highest BCUT2D eigenvalue weighted by atomic mass is 32.2. The Kier molecular flexibility index (Phi) is 6.57. The summed E-state index contributed by atoms with van der Waals surface area (Å²) in [4.78, 5) is 14.4. The second kappa shape index (κ2) is 9.38. The van der Waals surface area contributed by atoms with Crippen LogP contribution in [0, 0.1) is 13.8 Å². The first-order valence-electron chi connectivity index (χ1n) is 10.7. The lowest BCUT2D eigenvalue weighted by atomic mass is 10.1. The van der Waals surface area contributed by atoms with Gasteiger partial charge in [-0.25, -0.2) is 8.42 Å². The van der Waals surface area contributed by atoms with Crippen LogP contribution in [0.1, 0.15) is 17.5 Å². The van der Waals surface area contributed by atoms with Gasteiger partial charge in [-0.1, -0.05) is 12.1 Å². The number of ether oxygens (including phenoxy) is 3. The van der Waals surface area contributed by atoms with Crippen LogP contribution in [0.25, 0.3) is 0 Å². The smallest absolute Gasteiger partial charge is 0.260 e. The van der Waals surface area contributed by atoms with Crippen LogP contribution >= 0.6 is 0 Å². The molecule has 2 heterocycles. The van der Waals surface area contributed by atoms with Crippen molar-refractivity contribution in [3.63, 3.8) is 0 Å². The summed E-state index contributed by atoms with van der Waals surface area (Å²) in [6.07, 6.45) is 0.750. The highest BCUT2D eigenvalue weighted by Gasteiger charge is 2.31. The number of carbonyl (C=O) groups excluding carboxylic acids is 1. The van der Waals surface area contributed by atoms with Gasteiger partial charge in [0, 0.05) is 38.7 Å². The molecule has 0 unspecified atom stereocenters. The fourth-order valence-corrected chi connectivity index (χ4v) is 5.16. The number of nitrogens with zero attached hydrogens (tertiary/aromatic N) is 2. The lowest BCUT2D eigenvalue weighted by Gasteiger charge is -2.34. The van der Waals surface area contributed by atoms with E-state index in [1.807, 2.05) is 32.0 Å². The number of fused-ring (bicyclic) bond motifs is 1. The molecule has 172 valence electrons. The van der Waals surface area contributed by atoms with Gasteiger partial charge >= 0.3 is 0 Å². The van der Waals surface area contributed by atoms with Gasteiger partial charge in [0.15, 0.2) is 18.1 Å². The number of piperazine rings is 1. The van der Waals surface area contributed by atoms with E-state index in [9.17, 15) is 13.2 Å². The molecule has 1 saturated heterocycles. The van der Waals surface area contributed by atoms with Crippen molar-refractivity contribution in [2.45, 2.75) is 25.2 Å². The van der Waals surface area contributed by atoms with E-state index < -0.39 is 10.0 Å². The van der Waals surface area contributed by atoms with E-state index >= 15 is 0 Å². The molecule has 32 heavy (non-hydrogen) atoms. The van der Waals surface area contributed by atoms with Crippen molar-refractivity contribution < 1.29 is 27.4 Å². The summed E-state index contributed by atoms with van der Waals surface area (Å²) in [5.41, 5.74) is 2.03. The topological polar surface area (TPSA) is 85.4 Å². The van der Waals surface area contributed by atoms with Crippen molar-refractivity contribution in [3.05, 3.63) is 47.5 Å². The molecule has 4 rings (SSSR count). The Morgan fingerprint density at radius 3 is 2.44 bits per heavy atom. The SMILES string of the molecule is Cc1ccc(C)c(OCC(=O)N2CCN(S(=O)(=O)c3ccc4c(c3)OCCCO4)CC2)c1. The van der Waals surface area contributed by atoms with E-state index in [-0.39, 0.29) is 30.5 Å². The molecule has 0 radical (unpaired) electrons. The Morgan fingerprint density at radius 1 is 0.969 bits per heavy atom. The van der Waals surface area contributed by atoms with Gasteiger partial charge in [-0.3, -0.25) is 4.79 Å². The van der Waals surface area contributed by atoms with Crippen LogP contribution < -0.4 is 14.2 Å². The minimum atomic E-state index is -3.69. The summed E-state index contributed by atoms with van der Waals surface area (Å²) in [5.74, 6) is 1.54. The third-order valence-electron chi connectivity index (χ3n) is 5.64. The number of sulfonamides is 1. The lowest BCUT2D eigenvalue weighted by molar-refractivity contribution is -0.134. The van der Waals surface area contributed by atoms with E-state index in [0.29, 0.717) is 43.6 Å². The fraction of sp³-hybridized carbons (Fsp3) is 0.435. The Bertz CT molecular complexity index is 1090. The molecule has 0 spiro atoms. The van der Waals surface area contributed by atoms with Crippen molar-refractivity contribution in [2.24, 2.45) is 0 Å². The van der Waals surface area contributed by atoms with Gasteiger partial charge < -0.3 is 19.1 Å². The van der Waals surface area contributed by atoms with Gasteiger partial charge in [0.25, 0.3) is 5.91 Å². The third-order valence-corrected chi connectivity index (χ3v) is 7.54. The third kappa shape index (κ3) is 4.83. The second-order valence-electron chi connectivity index (χ2n) is 8.00. The Balaban J connectivity index is 1.36. The largest absolute Gasteiger partial charge is 0.490 e. The summed E-state index contributed by atoms with van der Waals surface area (Å²) in [7, 11) is -3.69. The molecule has 8 nitrogen and oxygen atoms in total. The van der Waals surface area contributed by atoms with Gasteiger partial charge in [0.2, 0.25) is 10.0 Å². The Hall–Kier alpha value is -2.78. The van der Waals surface area contributed by atoms with E-state index in [4.69, 9.17) is 14.2 Å². The quantitative estimate of drug-likeness (QED) is 0.681. The molecule has 1 fully saturated rings. The highest BCUT2D eigenvalue weighted by molar-refractivity contribution is 7.89. The summed E-state index contributed by atoms with van der Waals surface area (Å²) in [6, 6.07) is 10.6. The van der Waals surface area contributed by atoms with E-state index in [1.54, 1.807) is 17.0 Å². The molecule has 2 aliphatic heterocycles. The van der Waals surface area contributed by atoms with Crippen molar-refractivity contribution in [3.8, 4) is 17.2 Å². The maximum Gasteiger partial charge on any atom is 0.260 e. The molecular formula is C23H28N2O6S. The predicted molar refractivity (Wildman–Crippen MR) is 119 cm³/mol. The number of amides is 1. The van der Waals surface area contributed by atoms with Crippen LogP contribution in [0.5, 0.6) is 17.2 Å². The second-order valence-corrected chi connectivity index (χ2v) is 9.94. The average molecular weight is 461 g/mol. The van der Waals surface area contributed by atoms with Crippen LogP contribution in [0.4, 0.5) is 0 Å². The van der Waals surface area contributed by atoms with Crippen LogP contribution in [-0.4, -0.2) is 69.5 Å². The molecule has 1 amide bonds. The summed E-state index contributed by atoms with van der Waals surface area (Å²) >= 11 is 0. The average Bonchev–Trinajstić information content (AvgIpc) is 3.04. The maximum absolute atomic E-state index is 13.1. The molecule has 9 heteroatoms. The summed E-state index contributed by atoms with van der Waals surface area (Å²) in [6.45, 7) is 5.96. The van der Waals surface area contributed by atoms with Crippen molar-refractivity contribution in [1.82, 2.24) is 9.21 Å². The fourth-order valence-electron chi connectivity index (χ4n) is 3.72. The normalized spacial score (nSPS) is 17.0. The number of aryl methyl sites for hydroxylation is 2. The summed E-state index contributed by atoms with van der Waals surface area (Å²) < 4.78 is 44.6. The minimum absolute atomic E-state index is 0.0702. The predicted octanol–water partition coefficient (Wildman–Crippen LogP) is 2.38. The zero-order valence-corrected chi connectivity index (χ0v) is 19.2. The first-order valence-corrected chi connectivity index (χ1v) is 12.2. The molecule has 0 aromatic heterocycles. The van der Waals surface area contributed by atoms with Crippen molar-refractivity contribution in [1.29, 1.82) is 0 Å². The molecule has 0 aliphatic carbocycles. The van der Waals surface area contributed by atoms with Crippen LogP contribution in [0.2, 0.25) is 0 Å². The van der Waals surface area contributed by atoms with E-state index in [2.05, 4.69) is 0 Å². The first kappa shape index (κ1) is 22.4. The van der Waals surface area contributed by atoms with Gasteiger partial charge in [-0.2, -0.15) is 4.31 Å². The molecule has 0 atom stereocenters. The lowest BCUT2D eigenvalue weighted by Crippen LogP contribution is -2.51. The number of rotatable bonds is 5. The number of hydrogen-bond acceptors (Lipinski definition) is 6. The van der Waals surface area contributed by atoms with Gasteiger partial charge in [0.05, 0.1) is 18.1 Å². The monoisotopic (exact) mass is 460 g/mol. The van der Waals surface area contributed by atoms with Crippen LogP contribution in [-0.2, 0) is 14.8 Å². The van der Waals surface area contributed by atoms with Crippen molar-refractivity contribution >= 4 is 15.9 Å². The maximum atomic E-state index is 13.1. The van der Waals surface area contributed by atoms with Crippen LogP contribution in [0.15, 0.2) is 41.3 Å². The Morgan fingerprint density at radius 2 is 1.69 bits per heavy atom. The number of hydrogen-bond donors (Lipinski definition) is 0. The van der Waals surface area contributed by atoms with Gasteiger partial charge in [-0.15, -0.1) is 0 Å². The molecule has 0 N–H and O–H groups in total. The van der Waals surface area contributed by atoms with Crippen LogP contribution in [0.3, 0.4) is 0 Å². The first-order chi connectivity index (χ1) is 15.3. The number of benzene rings is 2. The van der Waals surface area contributed by atoms with Gasteiger partial charge in [-0.05, 0) is 43.2 Å². The van der Waals surface area contributed by atoms with E-state index in [1.165, 1.54) is 10.4 Å². The highest BCUT2D eigenvalue weighted by Crippen LogP contribution is 2.33. The zero-order chi connectivity index (χ0) is 22.7. The summed E-state index contributed by atoms with van der Waals surface area (Å²) in [5, 5.41) is 0. The molecule has 2 aromatic carbocycles. The number of carbonyl (C=O) groups is 1.